The summed E-state index contributed by atoms with van der Waals surface area (Å²) in [5, 5.41) is 18.8. The number of carbonyl (C=O) groups excluding carboxylic acids is 3. The zero-order valence-electron chi connectivity index (χ0n) is 27.1. The Morgan fingerprint density at radius 1 is 0.771 bits per heavy atom. The first-order valence-corrected chi connectivity index (χ1v) is 15.7. The fourth-order valence-corrected chi connectivity index (χ4v) is 4.85. The molecule has 0 spiro atoms. The average molecular weight is 655 g/mol. The molecule has 4 N–H and O–H groups in total. The number of hydrazine groups is 1. The maximum absolute atomic E-state index is 13.7. The molecular weight excluding hydrogens is 612 g/mol. The maximum Gasteiger partial charge on any atom is 0.422 e. The van der Waals surface area contributed by atoms with Crippen LogP contribution >= 0.6 is 0 Å². The van der Waals surface area contributed by atoms with Crippen LogP contribution in [0.4, 0.5) is 9.59 Å². The number of carbonyl (C=O) groups is 3. The lowest BCUT2D eigenvalue weighted by molar-refractivity contribution is -0.125. The third-order valence-electron chi connectivity index (χ3n) is 7.36. The predicted octanol–water partition coefficient (Wildman–Crippen LogP) is 4.16. The fraction of sp³-hybridized carbons (Fsp3) is 0.306. The van der Waals surface area contributed by atoms with Crippen molar-refractivity contribution in [1.82, 2.24) is 31.0 Å². The second-order valence-corrected chi connectivity index (χ2v) is 11.6. The summed E-state index contributed by atoms with van der Waals surface area (Å²) >= 11 is 0. The number of amides is 3. The van der Waals surface area contributed by atoms with Gasteiger partial charge in [0, 0.05) is 37.2 Å². The molecule has 252 valence electrons. The van der Waals surface area contributed by atoms with Crippen LogP contribution in [0, 0.1) is 5.92 Å². The number of pyridine rings is 2. The van der Waals surface area contributed by atoms with Crippen molar-refractivity contribution in [1.29, 1.82) is 0 Å². The van der Waals surface area contributed by atoms with Crippen LogP contribution in [0.25, 0.3) is 0 Å². The molecule has 4 rings (SSSR count). The minimum Gasteiger partial charge on any atom is -0.444 e. The van der Waals surface area contributed by atoms with Gasteiger partial charge in [0.2, 0.25) is 5.91 Å². The zero-order valence-corrected chi connectivity index (χ0v) is 27.1. The van der Waals surface area contributed by atoms with Crippen molar-refractivity contribution < 1.29 is 29.0 Å². The molecule has 0 fully saturated rings. The number of aromatic nitrogens is 2. The first kappa shape index (κ1) is 35.5. The summed E-state index contributed by atoms with van der Waals surface area (Å²) in [5.41, 5.74) is 5.79. The standard InChI is InChI=1S/C36H42N6O6/c1-26(2)33(40-35(45)48-25-30-17-9-10-19-38-30)34(44)39-31(20-27-12-5-3-6-13-27)32(43)23-42(22-28-14-7-4-8-15-28)41-36(46)47-24-29-16-11-18-37-21-29/h3-19,21,26,31-33,43H,20,22-25H2,1-2H3,(H,39,44)(H,40,45)(H,41,46)/t31-,32-,33-/m0/s1. The molecule has 2 heterocycles. The first-order chi connectivity index (χ1) is 23.3. The highest BCUT2D eigenvalue weighted by molar-refractivity contribution is 5.86. The Hall–Kier alpha value is -5.33. The van der Waals surface area contributed by atoms with Crippen LogP contribution in [0.15, 0.2) is 110 Å². The van der Waals surface area contributed by atoms with Crippen molar-refractivity contribution >= 4 is 18.1 Å². The SMILES string of the molecule is CC(C)[C@H](NC(=O)OCc1ccccn1)C(=O)N[C@@H](Cc1ccccc1)[C@@H](O)CN(Cc1ccccc1)NC(=O)OCc1cccnc1. The summed E-state index contributed by atoms with van der Waals surface area (Å²) < 4.78 is 10.7. The molecule has 3 atom stereocenters. The smallest absolute Gasteiger partial charge is 0.422 e. The van der Waals surface area contributed by atoms with E-state index in [1.807, 2.05) is 60.7 Å². The van der Waals surface area contributed by atoms with Crippen LogP contribution in [-0.4, -0.2) is 62.9 Å². The van der Waals surface area contributed by atoms with Gasteiger partial charge in [0.05, 0.1) is 17.8 Å². The summed E-state index contributed by atoms with van der Waals surface area (Å²) in [5.74, 6) is -0.786. The van der Waals surface area contributed by atoms with E-state index in [1.165, 1.54) is 0 Å². The van der Waals surface area contributed by atoms with E-state index in [-0.39, 0.29) is 38.6 Å². The van der Waals surface area contributed by atoms with Crippen molar-refractivity contribution in [2.75, 3.05) is 6.54 Å². The number of hydrogen-bond acceptors (Lipinski definition) is 9. The van der Waals surface area contributed by atoms with Gasteiger partial charge >= 0.3 is 12.2 Å². The third-order valence-corrected chi connectivity index (χ3v) is 7.36. The molecule has 48 heavy (non-hydrogen) atoms. The van der Waals surface area contributed by atoms with E-state index >= 15 is 0 Å². The van der Waals surface area contributed by atoms with E-state index in [0.717, 1.165) is 16.7 Å². The molecule has 0 saturated heterocycles. The lowest BCUT2D eigenvalue weighted by Gasteiger charge is -2.31. The molecule has 0 aliphatic heterocycles. The fourth-order valence-electron chi connectivity index (χ4n) is 4.85. The molecule has 2 aromatic carbocycles. The van der Waals surface area contributed by atoms with Gasteiger partial charge in [-0.1, -0.05) is 86.6 Å². The van der Waals surface area contributed by atoms with Gasteiger partial charge in [-0.15, -0.1) is 0 Å². The van der Waals surface area contributed by atoms with Crippen molar-refractivity contribution in [3.8, 4) is 0 Å². The molecule has 0 radical (unpaired) electrons. The normalized spacial score (nSPS) is 12.9. The molecule has 0 saturated carbocycles. The second-order valence-electron chi connectivity index (χ2n) is 11.6. The summed E-state index contributed by atoms with van der Waals surface area (Å²) in [6.07, 6.45) is 2.49. The van der Waals surface area contributed by atoms with Crippen LogP contribution < -0.4 is 16.1 Å². The number of aliphatic hydroxyl groups excluding tert-OH is 1. The van der Waals surface area contributed by atoms with E-state index in [0.29, 0.717) is 5.69 Å². The molecule has 0 unspecified atom stereocenters. The summed E-state index contributed by atoms with van der Waals surface area (Å²) in [6.45, 7) is 3.76. The molecule has 12 heteroatoms. The van der Waals surface area contributed by atoms with Crippen molar-refractivity contribution in [2.45, 2.75) is 58.2 Å². The Morgan fingerprint density at radius 3 is 2.08 bits per heavy atom. The third kappa shape index (κ3) is 12.1. The van der Waals surface area contributed by atoms with Gasteiger partial charge in [0.25, 0.3) is 0 Å². The molecule has 4 aromatic rings. The van der Waals surface area contributed by atoms with E-state index in [1.54, 1.807) is 67.8 Å². The number of ether oxygens (including phenoxy) is 2. The van der Waals surface area contributed by atoms with Gasteiger partial charge < -0.3 is 25.2 Å². The average Bonchev–Trinajstić information content (AvgIpc) is 3.10. The van der Waals surface area contributed by atoms with Gasteiger partial charge in [-0.05, 0) is 41.7 Å². The highest BCUT2D eigenvalue weighted by Gasteiger charge is 2.31. The summed E-state index contributed by atoms with van der Waals surface area (Å²) in [6, 6.07) is 25.9. The lowest BCUT2D eigenvalue weighted by Crippen LogP contribution is -2.57. The van der Waals surface area contributed by atoms with Crippen LogP contribution in [0.2, 0.25) is 0 Å². The van der Waals surface area contributed by atoms with Crippen LogP contribution in [-0.2, 0) is 40.4 Å². The Bertz CT molecular complexity index is 1550. The molecule has 2 aromatic heterocycles. The Kier molecular flexibility index (Phi) is 13.9. The highest BCUT2D eigenvalue weighted by Crippen LogP contribution is 2.12. The lowest BCUT2D eigenvalue weighted by atomic mass is 9.98. The molecule has 0 aliphatic rings. The molecule has 12 nitrogen and oxygen atoms in total. The van der Waals surface area contributed by atoms with E-state index in [4.69, 9.17) is 9.47 Å². The van der Waals surface area contributed by atoms with Crippen molar-refractivity contribution in [3.05, 3.63) is 132 Å². The predicted molar refractivity (Wildman–Crippen MR) is 179 cm³/mol. The first-order valence-electron chi connectivity index (χ1n) is 15.7. The molecular formula is C36H42N6O6. The quantitative estimate of drug-likeness (QED) is 0.130. The Morgan fingerprint density at radius 2 is 1.44 bits per heavy atom. The number of nitrogens with zero attached hydrogens (tertiary/aromatic N) is 3. The number of alkyl carbamates (subject to hydrolysis) is 1. The number of hydrogen-bond donors (Lipinski definition) is 4. The van der Waals surface area contributed by atoms with Crippen LogP contribution in [0.1, 0.15) is 36.2 Å². The topological polar surface area (TPSA) is 155 Å². The number of aliphatic hydroxyl groups is 1. The maximum atomic E-state index is 13.7. The van der Waals surface area contributed by atoms with Crippen molar-refractivity contribution in [3.63, 3.8) is 0 Å². The summed E-state index contributed by atoms with van der Waals surface area (Å²) in [7, 11) is 0. The monoisotopic (exact) mass is 654 g/mol. The van der Waals surface area contributed by atoms with Crippen LogP contribution in [0.5, 0.6) is 0 Å². The highest BCUT2D eigenvalue weighted by atomic mass is 16.6. The van der Waals surface area contributed by atoms with E-state index in [9.17, 15) is 19.5 Å². The Labute approximate surface area is 280 Å². The van der Waals surface area contributed by atoms with Crippen LogP contribution in [0.3, 0.4) is 0 Å². The van der Waals surface area contributed by atoms with Gasteiger partial charge in [-0.25, -0.2) is 14.6 Å². The molecule has 3 amide bonds. The van der Waals surface area contributed by atoms with Gasteiger partial charge in [-0.3, -0.25) is 20.2 Å². The molecule has 0 bridgehead atoms. The minimum atomic E-state index is -1.15. The van der Waals surface area contributed by atoms with Gasteiger partial charge in [0.1, 0.15) is 19.3 Å². The van der Waals surface area contributed by atoms with E-state index in [2.05, 4.69) is 26.0 Å². The van der Waals surface area contributed by atoms with E-state index < -0.39 is 36.3 Å². The second kappa shape index (κ2) is 18.7. The zero-order chi connectivity index (χ0) is 34.1. The van der Waals surface area contributed by atoms with Gasteiger partial charge in [-0.2, -0.15) is 0 Å². The molecule has 0 aliphatic carbocycles. The van der Waals surface area contributed by atoms with Crippen molar-refractivity contribution in [2.24, 2.45) is 5.92 Å². The van der Waals surface area contributed by atoms with Gasteiger partial charge in [0.15, 0.2) is 0 Å². The largest absolute Gasteiger partial charge is 0.444 e. The summed E-state index contributed by atoms with van der Waals surface area (Å²) in [4.78, 5) is 47.3. The number of nitrogens with one attached hydrogen (secondary N) is 3. The number of benzene rings is 2. The number of rotatable bonds is 16. The Balaban J connectivity index is 1.46. The minimum absolute atomic E-state index is 0.0159.